The van der Waals surface area contributed by atoms with Crippen LogP contribution >= 0.6 is 0 Å². The molecule has 1 atom stereocenters. The molecular formula is C26H31N7O2. The maximum absolute atomic E-state index is 12.7. The van der Waals surface area contributed by atoms with Gasteiger partial charge in [-0.3, -0.25) is 9.59 Å². The number of anilines is 4. The van der Waals surface area contributed by atoms with Gasteiger partial charge < -0.3 is 30.3 Å². The van der Waals surface area contributed by atoms with Gasteiger partial charge in [-0.15, -0.1) is 0 Å². The molecule has 2 aliphatic heterocycles. The minimum absolute atomic E-state index is 0.0653. The second-order valence-electron chi connectivity index (χ2n) is 9.23. The summed E-state index contributed by atoms with van der Waals surface area (Å²) < 4.78 is 0. The van der Waals surface area contributed by atoms with Gasteiger partial charge >= 0.3 is 0 Å². The lowest BCUT2D eigenvalue weighted by Crippen LogP contribution is -2.44. The number of carbonyl (C=O) groups is 1. The summed E-state index contributed by atoms with van der Waals surface area (Å²) in [5, 5.41) is 7.79. The van der Waals surface area contributed by atoms with Gasteiger partial charge in [0, 0.05) is 57.2 Å². The van der Waals surface area contributed by atoms with Gasteiger partial charge in [0.1, 0.15) is 5.82 Å². The van der Waals surface area contributed by atoms with Gasteiger partial charge in [0.05, 0.1) is 23.0 Å². The van der Waals surface area contributed by atoms with Crippen LogP contribution in [0.25, 0.3) is 10.8 Å². The third kappa shape index (κ3) is 5.00. The summed E-state index contributed by atoms with van der Waals surface area (Å²) in [4.78, 5) is 38.7. The first-order valence-corrected chi connectivity index (χ1v) is 12.0. The highest BCUT2D eigenvalue weighted by molar-refractivity contribution is 5.97. The molecule has 0 bridgehead atoms. The minimum Gasteiger partial charge on any atom is -0.369 e. The predicted octanol–water partition coefficient (Wildman–Crippen LogP) is 2.30. The standard InChI is InChI=1S/C26H31N7O2/c1-3-24(34)29-19-7-9-33(17-19)21-14-18-6-8-27-26(35)25(18)22(15-21)30-23-5-4-20(16-28-23)32-12-10-31(2)11-13-32/h3-6,8,14-16,19H,1,7,9-13,17H2,2H3,(H,27,35)(H,28,30)(H,29,34). The topological polar surface area (TPSA) is 96.6 Å². The van der Waals surface area contributed by atoms with E-state index in [0.717, 1.165) is 55.9 Å². The lowest BCUT2D eigenvalue weighted by molar-refractivity contribution is -0.117. The number of pyridine rings is 2. The molecular weight excluding hydrogens is 442 g/mol. The van der Waals surface area contributed by atoms with Crippen LogP contribution in [-0.4, -0.2) is 73.1 Å². The minimum atomic E-state index is -0.157. The van der Waals surface area contributed by atoms with Crippen molar-refractivity contribution in [2.75, 3.05) is 61.4 Å². The van der Waals surface area contributed by atoms with E-state index in [1.54, 1.807) is 6.20 Å². The number of hydrogen-bond donors (Lipinski definition) is 3. The Bertz CT molecular complexity index is 1280. The second kappa shape index (κ2) is 9.79. The number of H-pyrrole nitrogens is 1. The monoisotopic (exact) mass is 473 g/mol. The Morgan fingerprint density at radius 2 is 1.94 bits per heavy atom. The van der Waals surface area contributed by atoms with Crippen molar-refractivity contribution in [3.05, 3.63) is 65.7 Å². The smallest absolute Gasteiger partial charge is 0.257 e. The Labute approximate surface area is 204 Å². The largest absolute Gasteiger partial charge is 0.369 e. The summed E-state index contributed by atoms with van der Waals surface area (Å²) in [5.74, 6) is 0.525. The van der Waals surface area contributed by atoms with E-state index in [2.05, 4.69) is 55.0 Å². The number of aromatic nitrogens is 2. The molecule has 2 fully saturated rings. The van der Waals surface area contributed by atoms with E-state index >= 15 is 0 Å². The third-order valence-electron chi connectivity index (χ3n) is 6.82. The van der Waals surface area contributed by atoms with E-state index in [1.807, 2.05) is 30.5 Å². The number of carbonyl (C=O) groups excluding carboxylic acids is 1. The predicted molar refractivity (Wildman–Crippen MR) is 141 cm³/mol. The molecule has 1 aromatic carbocycles. The summed E-state index contributed by atoms with van der Waals surface area (Å²) in [6.07, 6.45) is 5.70. The maximum atomic E-state index is 12.7. The summed E-state index contributed by atoms with van der Waals surface area (Å²) in [6, 6.07) is 10.0. The number of likely N-dealkylation sites (N-methyl/N-ethyl adjacent to an activating group) is 1. The molecule has 3 N–H and O–H groups in total. The van der Waals surface area contributed by atoms with Gasteiger partial charge in [-0.25, -0.2) is 4.98 Å². The molecule has 1 amide bonds. The number of aromatic amines is 1. The van der Waals surface area contributed by atoms with E-state index in [0.29, 0.717) is 23.4 Å². The SMILES string of the molecule is C=CC(=O)NC1CCN(c2cc(Nc3ccc(N4CCN(C)CC4)cn3)c3c(=O)[nH]ccc3c2)C1. The highest BCUT2D eigenvalue weighted by Gasteiger charge is 2.24. The lowest BCUT2D eigenvalue weighted by Gasteiger charge is -2.33. The van der Waals surface area contributed by atoms with Crippen molar-refractivity contribution in [2.24, 2.45) is 0 Å². The van der Waals surface area contributed by atoms with Crippen LogP contribution in [0.1, 0.15) is 6.42 Å². The van der Waals surface area contributed by atoms with Gasteiger partial charge in [0.2, 0.25) is 5.91 Å². The summed E-state index contributed by atoms with van der Waals surface area (Å²) in [6.45, 7) is 9.09. The van der Waals surface area contributed by atoms with Crippen LogP contribution in [0.4, 0.5) is 22.9 Å². The second-order valence-corrected chi connectivity index (χ2v) is 9.23. The highest BCUT2D eigenvalue weighted by atomic mass is 16.1. The summed E-state index contributed by atoms with van der Waals surface area (Å²) >= 11 is 0. The third-order valence-corrected chi connectivity index (χ3v) is 6.82. The average molecular weight is 474 g/mol. The van der Waals surface area contributed by atoms with Gasteiger partial charge in [0.15, 0.2) is 0 Å². The van der Waals surface area contributed by atoms with Crippen molar-refractivity contribution < 1.29 is 4.79 Å². The van der Waals surface area contributed by atoms with E-state index in [9.17, 15) is 9.59 Å². The molecule has 182 valence electrons. The molecule has 5 rings (SSSR count). The molecule has 2 aromatic heterocycles. The maximum Gasteiger partial charge on any atom is 0.257 e. The first kappa shape index (κ1) is 22.9. The normalized spacial score (nSPS) is 18.6. The molecule has 0 spiro atoms. The van der Waals surface area contributed by atoms with Crippen LogP contribution in [0, 0.1) is 0 Å². The Morgan fingerprint density at radius 1 is 1.11 bits per heavy atom. The summed E-state index contributed by atoms with van der Waals surface area (Å²) in [5.41, 5.74) is 2.65. The fourth-order valence-electron chi connectivity index (χ4n) is 4.82. The van der Waals surface area contributed by atoms with Crippen LogP contribution < -0.4 is 26.0 Å². The van der Waals surface area contributed by atoms with E-state index in [-0.39, 0.29) is 17.5 Å². The number of nitrogens with one attached hydrogen (secondary N) is 3. The zero-order valence-corrected chi connectivity index (χ0v) is 20.0. The summed E-state index contributed by atoms with van der Waals surface area (Å²) in [7, 11) is 2.14. The van der Waals surface area contributed by atoms with Crippen molar-refractivity contribution in [3.63, 3.8) is 0 Å². The molecule has 9 heteroatoms. The number of hydrogen-bond acceptors (Lipinski definition) is 7. The number of nitrogens with zero attached hydrogens (tertiary/aromatic N) is 4. The fourth-order valence-corrected chi connectivity index (χ4v) is 4.82. The molecule has 1 unspecified atom stereocenters. The number of fused-ring (bicyclic) bond motifs is 1. The molecule has 0 radical (unpaired) electrons. The molecule has 2 saturated heterocycles. The Morgan fingerprint density at radius 3 is 2.69 bits per heavy atom. The molecule has 2 aliphatic rings. The number of amides is 1. The van der Waals surface area contributed by atoms with Gasteiger partial charge in [0.25, 0.3) is 5.56 Å². The van der Waals surface area contributed by atoms with Crippen LogP contribution in [0.15, 0.2) is 60.2 Å². The van der Waals surface area contributed by atoms with Gasteiger partial charge in [-0.05, 0) is 55.3 Å². The van der Waals surface area contributed by atoms with E-state index in [1.165, 1.54) is 6.08 Å². The van der Waals surface area contributed by atoms with E-state index < -0.39 is 0 Å². The first-order chi connectivity index (χ1) is 17.0. The molecule has 0 saturated carbocycles. The number of piperazine rings is 1. The van der Waals surface area contributed by atoms with E-state index in [4.69, 9.17) is 0 Å². The molecule has 35 heavy (non-hydrogen) atoms. The molecule has 9 nitrogen and oxygen atoms in total. The van der Waals surface area contributed by atoms with Gasteiger partial charge in [-0.2, -0.15) is 0 Å². The van der Waals surface area contributed by atoms with Crippen LogP contribution in [-0.2, 0) is 4.79 Å². The van der Waals surface area contributed by atoms with Crippen molar-refractivity contribution in [1.29, 1.82) is 0 Å². The number of benzene rings is 1. The lowest BCUT2D eigenvalue weighted by atomic mass is 10.1. The highest BCUT2D eigenvalue weighted by Crippen LogP contribution is 2.31. The Balaban J connectivity index is 1.40. The molecule has 3 aromatic rings. The Kier molecular flexibility index (Phi) is 6.41. The van der Waals surface area contributed by atoms with Crippen molar-refractivity contribution in [1.82, 2.24) is 20.2 Å². The van der Waals surface area contributed by atoms with Crippen LogP contribution in [0.2, 0.25) is 0 Å². The number of rotatable bonds is 6. The first-order valence-electron chi connectivity index (χ1n) is 12.0. The van der Waals surface area contributed by atoms with Crippen molar-refractivity contribution in [3.8, 4) is 0 Å². The van der Waals surface area contributed by atoms with Gasteiger partial charge in [-0.1, -0.05) is 6.58 Å². The molecule has 0 aliphatic carbocycles. The van der Waals surface area contributed by atoms with Crippen LogP contribution in [0.3, 0.4) is 0 Å². The zero-order valence-electron chi connectivity index (χ0n) is 20.0. The van der Waals surface area contributed by atoms with Crippen LogP contribution in [0.5, 0.6) is 0 Å². The zero-order chi connectivity index (χ0) is 24.4. The van der Waals surface area contributed by atoms with Crippen molar-refractivity contribution in [2.45, 2.75) is 12.5 Å². The average Bonchev–Trinajstić information content (AvgIpc) is 3.33. The quantitative estimate of drug-likeness (QED) is 0.473. The molecule has 4 heterocycles. The van der Waals surface area contributed by atoms with Crippen molar-refractivity contribution >= 4 is 39.6 Å². The fraction of sp³-hybridized carbons (Fsp3) is 0.346. The Hall–Kier alpha value is -3.85.